The van der Waals surface area contributed by atoms with Crippen LogP contribution in [0.1, 0.15) is 120 Å². The number of ketones is 3. The second-order valence-corrected chi connectivity index (χ2v) is 19.7. The van der Waals surface area contributed by atoms with E-state index in [1.54, 1.807) is 30.3 Å². The van der Waals surface area contributed by atoms with Crippen LogP contribution >= 0.6 is 0 Å². The molecule has 17 N–H and O–H groups in total. The van der Waals surface area contributed by atoms with Crippen LogP contribution in [-0.2, 0) is 51.1 Å². The average Bonchev–Trinajstić information content (AvgIpc) is 3.27. The molecule has 0 saturated carbocycles. The largest absolute Gasteiger partial charge is 0.507 e. The van der Waals surface area contributed by atoms with E-state index in [9.17, 15) is 63.9 Å². The quantitative estimate of drug-likeness (QED) is 0.0160. The van der Waals surface area contributed by atoms with Crippen molar-refractivity contribution in [3.05, 3.63) is 87.5 Å². The van der Waals surface area contributed by atoms with E-state index >= 15 is 0 Å². The molecule has 5 amide bonds. The first-order valence-corrected chi connectivity index (χ1v) is 25.6. The van der Waals surface area contributed by atoms with Crippen molar-refractivity contribution in [2.75, 3.05) is 26.8 Å². The summed E-state index contributed by atoms with van der Waals surface area (Å²) in [6.07, 6.45) is -6.15. The van der Waals surface area contributed by atoms with Gasteiger partial charge in [0.15, 0.2) is 23.8 Å². The number of carbonyl (C=O) groups excluding carboxylic acids is 8. The summed E-state index contributed by atoms with van der Waals surface area (Å²) in [6.45, 7) is 0.917. The molecule has 79 heavy (non-hydrogen) atoms. The first kappa shape index (κ1) is 60.2. The third kappa shape index (κ3) is 14.6. The summed E-state index contributed by atoms with van der Waals surface area (Å²) in [5.41, 5.74) is 7.10. The average molecular weight is 1100 g/mol. The van der Waals surface area contributed by atoms with E-state index < -0.39 is 150 Å². The fraction of sp³-hybridized carbons (Fsp3) is 0.472. The van der Waals surface area contributed by atoms with Crippen molar-refractivity contribution >= 4 is 58.7 Å². The Labute approximate surface area is 453 Å². The van der Waals surface area contributed by atoms with Crippen LogP contribution in [0, 0.1) is 10.8 Å². The van der Waals surface area contributed by atoms with Crippen LogP contribution in [0.4, 0.5) is 0 Å². The third-order valence-corrected chi connectivity index (χ3v) is 13.9. The van der Waals surface area contributed by atoms with Crippen molar-refractivity contribution in [3.8, 4) is 17.2 Å². The highest BCUT2D eigenvalue weighted by molar-refractivity contribution is 6.31. The van der Waals surface area contributed by atoms with E-state index in [0.717, 1.165) is 5.56 Å². The minimum atomic E-state index is -2.45. The van der Waals surface area contributed by atoms with Gasteiger partial charge >= 0.3 is 0 Å². The van der Waals surface area contributed by atoms with Gasteiger partial charge in [-0.2, -0.15) is 0 Å². The number of benzene rings is 3. The summed E-state index contributed by atoms with van der Waals surface area (Å²) in [5.74, 6) is -8.59. The predicted octanol–water partition coefficient (Wildman–Crippen LogP) is -1.25. The van der Waals surface area contributed by atoms with Crippen LogP contribution in [0.2, 0.25) is 0 Å². The molecule has 426 valence electrons. The maximum atomic E-state index is 14.1. The van der Waals surface area contributed by atoms with Gasteiger partial charge in [0.2, 0.25) is 35.3 Å². The van der Waals surface area contributed by atoms with Gasteiger partial charge in [0, 0.05) is 62.3 Å². The van der Waals surface area contributed by atoms with Crippen molar-refractivity contribution in [1.82, 2.24) is 31.9 Å². The van der Waals surface area contributed by atoms with Crippen molar-refractivity contribution in [3.63, 3.8) is 0 Å². The van der Waals surface area contributed by atoms with E-state index in [2.05, 4.69) is 31.9 Å². The number of fused-ring (bicyclic) bond motifs is 3. The van der Waals surface area contributed by atoms with Crippen molar-refractivity contribution < 1.29 is 78.1 Å². The van der Waals surface area contributed by atoms with Gasteiger partial charge in [0.1, 0.15) is 53.7 Å². The number of amidine groups is 1. The van der Waals surface area contributed by atoms with E-state index in [4.69, 9.17) is 36.5 Å². The van der Waals surface area contributed by atoms with Gasteiger partial charge in [0.25, 0.3) is 0 Å². The maximum Gasteiger partial charge on any atom is 0.243 e. The zero-order chi connectivity index (χ0) is 57.9. The van der Waals surface area contributed by atoms with Crippen LogP contribution in [0.15, 0.2) is 48.5 Å². The van der Waals surface area contributed by atoms with Gasteiger partial charge in [0.05, 0.1) is 54.4 Å². The first-order valence-electron chi connectivity index (χ1n) is 25.6. The Bertz CT molecular complexity index is 2850. The molecular formula is C53H68N10O16. The summed E-state index contributed by atoms with van der Waals surface area (Å²) < 4.78 is 17.6. The Morgan fingerprint density at radius 1 is 0.835 bits per heavy atom. The van der Waals surface area contributed by atoms with Gasteiger partial charge in [-0.3, -0.25) is 49.2 Å². The number of phenolic OH excluding ortho intramolecular Hbond substituents is 2. The SMILES string of the molecule is COc1cccc2c1C(=O)c1c(O)c3c(c(O)c1C2=O)CC(O)(C(=O)CO)C[C@@H]3O[C@@H]1CC(NC(=O)CNC(=O)[C@@H](CCCNC(=N)N)NC(=O)[C@H](CCCCC(=N)N)NC(=O)C(Cc2ccccc2)NC(C)=O)[C@@H](O)[C@H](C)O1. The minimum Gasteiger partial charge on any atom is -0.507 e. The summed E-state index contributed by atoms with van der Waals surface area (Å²) in [6, 6.07) is 8.17. The number of nitrogens with two attached hydrogens (primary N) is 2. The molecule has 3 unspecified atom stereocenters. The highest BCUT2D eigenvalue weighted by Gasteiger charge is 2.50. The number of phenols is 2. The number of carbonyl (C=O) groups is 8. The van der Waals surface area contributed by atoms with Crippen LogP contribution in [0.5, 0.6) is 17.2 Å². The maximum absolute atomic E-state index is 14.1. The molecular weight excluding hydrogens is 1030 g/mol. The Morgan fingerprint density at radius 3 is 2.14 bits per heavy atom. The summed E-state index contributed by atoms with van der Waals surface area (Å²) in [5, 5.41) is 87.3. The lowest BCUT2D eigenvalue weighted by Crippen LogP contribution is -2.58. The lowest BCUT2D eigenvalue weighted by Gasteiger charge is -2.43. The third-order valence-electron chi connectivity index (χ3n) is 13.9. The molecule has 3 aliphatic rings. The molecule has 0 aromatic heterocycles. The Kier molecular flexibility index (Phi) is 20.2. The monoisotopic (exact) mass is 1100 g/mol. The molecule has 2 aliphatic carbocycles. The van der Waals surface area contributed by atoms with Crippen molar-refractivity contribution in [2.24, 2.45) is 11.5 Å². The molecule has 26 nitrogen and oxygen atoms in total. The number of aliphatic hydroxyl groups excluding tert-OH is 2. The number of guanidine groups is 1. The molecule has 9 atom stereocenters. The van der Waals surface area contributed by atoms with E-state index in [-0.39, 0.29) is 84.9 Å². The zero-order valence-corrected chi connectivity index (χ0v) is 43.8. The Balaban J connectivity index is 1.18. The predicted molar refractivity (Wildman–Crippen MR) is 280 cm³/mol. The highest BCUT2D eigenvalue weighted by Crippen LogP contribution is 2.52. The lowest BCUT2D eigenvalue weighted by atomic mass is 9.72. The number of nitrogens with one attached hydrogen (secondary N) is 8. The fourth-order valence-electron chi connectivity index (χ4n) is 9.99. The smallest absolute Gasteiger partial charge is 0.243 e. The molecule has 0 radical (unpaired) electrons. The number of ether oxygens (including phenoxy) is 3. The fourth-order valence-corrected chi connectivity index (χ4v) is 9.99. The normalized spacial score (nSPS) is 21.3. The number of hydrogen-bond donors (Lipinski definition) is 15. The Morgan fingerprint density at radius 2 is 1.49 bits per heavy atom. The number of rotatable bonds is 25. The number of unbranched alkanes of at least 4 members (excludes halogenated alkanes) is 1. The molecule has 0 bridgehead atoms. The molecule has 1 fully saturated rings. The number of amides is 5. The second-order valence-electron chi connectivity index (χ2n) is 19.7. The molecule has 0 spiro atoms. The minimum absolute atomic E-state index is 0.00462. The molecule has 1 saturated heterocycles. The summed E-state index contributed by atoms with van der Waals surface area (Å²) in [4.78, 5) is 109. The first-order chi connectivity index (χ1) is 37.5. The van der Waals surface area contributed by atoms with Crippen molar-refractivity contribution in [1.29, 1.82) is 10.8 Å². The number of aliphatic hydroxyl groups is 3. The zero-order valence-electron chi connectivity index (χ0n) is 43.8. The standard InChI is InChI=1S/C53H68N10O16/c1-25-44(68)32(20-39(78-25)79-35-22-53(76,36(66)24-64)21-29-41(35)48(72)43-42(46(29)70)45(69)28-13-9-16-34(77-3)40(28)47(43)71)61-38(67)23-59-49(73)30(15-10-18-58-52(56)57)62-50(74)31(14-7-8-17-37(54)55)63-51(75)33(60-26(2)65)19-27-11-5-4-6-12-27/h4-6,9,11-13,16,25,30-33,35,39,44,64,68,70,72,76H,7-8,10,14-15,17-24H2,1-3H3,(H3,54,55)(H,59,73)(H,60,65)(H,61,67)(H,62,74)(H,63,75)(H4,56,57,58)/t25-,30+,31-,32?,33?,35-,39+,44-,53?/m0/s1. The Hall–Kier alpha value is -8.04. The summed E-state index contributed by atoms with van der Waals surface area (Å²) >= 11 is 0. The van der Waals surface area contributed by atoms with Crippen molar-refractivity contribution in [2.45, 2.75) is 132 Å². The van der Waals surface area contributed by atoms with Crippen LogP contribution in [0.25, 0.3) is 0 Å². The number of aromatic hydroxyl groups is 2. The topological polar surface area (TPSA) is 437 Å². The van der Waals surface area contributed by atoms with E-state index in [1.807, 2.05) is 0 Å². The van der Waals surface area contributed by atoms with Gasteiger partial charge < -0.3 is 83.1 Å². The highest BCUT2D eigenvalue weighted by atomic mass is 16.7. The number of hydrogen-bond acceptors (Lipinski definition) is 18. The molecule has 3 aromatic carbocycles. The molecule has 3 aromatic rings. The molecule has 1 aliphatic heterocycles. The van der Waals surface area contributed by atoms with E-state index in [0.29, 0.717) is 12.8 Å². The van der Waals surface area contributed by atoms with Crippen LogP contribution in [-0.4, -0.2) is 159 Å². The van der Waals surface area contributed by atoms with Gasteiger partial charge in [-0.25, -0.2) is 0 Å². The van der Waals surface area contributed by atoms with Crippen LogP contribution in [0.3, 0.4) is 0 Å². The molecule has 26 heteroatoms. The van der Waals surface area contributed by atoms with Crippen LogP contribution < -0.4 is 48.1 Å². The number of methoxy groups -OCH3 is 1. The molecule has 1 heterocycles. The lowest BCUT2D eigenvalue weighted by molar-refractivity contribution is -0.249. The van der Waals surface area contributed by atoms with Gasteiger partial charge in [-0.05, 0) is 44.2 Å². The summed E-state index contributed by atoms with van der Waals surface area (Å²) in [7, 11) is 1.27. The van der Waals surface area contributed by atoms with Gasteiger partial charge in [-0.1, -0.05) is 48.9 Å². The van der Waals surface area contributed by atoms with Gasteiger partial charge in [-0.15, -0.1) is 0 Å². The van der Waals surface area contributed by atoms with E-state index in [1.165, 1.54) is 39.2 Å². The number of Topliss-reactive ketones (excluding diaryl/α,β-unsaturated/α-hetero) is 1. The molecule has 6 rings (SSSR count). The second kappa shape index (κ2) is 26.5.